The lowest BCUT2D eigenvalue weighted by Crippen LogP contribution is -2.39. The van der Waals surface area contributed by atoms with E-state index in [1.54, 1.807) is 11.8 Å². The maximum atomic E-state index is 11.3. The fourth-order valence-electron chi connectivity index (χ4n) is 0.905. The van der Waals surface area contributed by atoms with Crippen molar-refractivity contribution in [3.8, 4) is 12.3 Å². The van der Waals surface area contributed by atoms with Crippen molar-refractivity contribution in [3.05, 3.63) is 0 Å². The van der Waals surface area contributed by atoms with Crippen LogP contribution >= 0.6 is 11.8 Å². The Morgan fingerprint density at radius 2 is 2.33 bits per heavy atom. The highest BCUT2D eigenvalue weighted by Gasteiger charge is 2.03. The quantitative estimate of drug-likeness (QED) is 0.478. The first kappa shape index (κ1) is 14.3. The van der Waals surface area contributed by atoms with Crippen LogP contribution in [0.1, 0.15) is 20.3 Å². The zero-order valence-corrected chi connectivity index (χ0v) is 10.3. The lowest BCUT2D eigenvalue weighted by molar-refractivity contribution is -0.120. The number of carbonyl (C=O) groups excluding carboxylic acids is 1. The number of hydrogen-bond acceptors (Lipinski definition) is 3. The summed E-state index contributed by atoms with van der Waals surface area (Å²) in [5.74, 6) is 4.30. The van der Waals surface area contributed by atoms with Gasteiger partial charge in [-0.05, 0) is 13.3 Å². The van der Waals surface area contributed by atoms with Gasteiger partial charge in [-0.25, -0.2) is 0 Å². The third-order valence-corrected chi connectivity index (χ3v) is 2.78. The van der Waals surface area contributed by atoms with Crippen LogP contribution in [0.3, 0.4) is 0 Å². The summed E-state index contributed by atoms with van der Waals surface area (Å²) < 4.78 is 0. The van der Waals surface area contributed by atoms with Crippen molar-refractivity contribution < 1.29 is 4.79 Å². The molecule has 0 saturated carbocycles. The maximum absolute atomic E-state index is 11.3. The molecule has 0 aliphatic rings. The van der Waals surface area contributed by atoms with Gasteiger partial charge < -0.3 is 10.6 Å². The average molecular weight is 228 g/mol. The molecule has 0 spiro atoms. The van der Waals surface area contributed by atoms with Crippen LogP contribution in [0.2, 0.25) is 0 Å². The molecule has 15 heavy (non-hydrogen) atoms. The first-order valence-electron chi connectivity index (χ1n) is 5.22. The second kappa shape index (κ2) is 9.88. The Hall–Kier alpha value is -0.660. The maximum Gasteiger partial charge on any atom is 0.234 e. The summed E-state index contributed by atoms with van der Waals surface area (Å²) in [6, 6.07) is 0.259. The molecule has 0 aromatic carbocycles. The molecule has 0 aliphatic carbocycles. The number of amides is 1. The second-order valence-electron chi connectivity index (χ2n) is 3.31. The highest BCUT2D eigenvalue weighted by atomic mass is 32.2. The van der Waals surface area contributed by atoms with E-state index in [2.05, 4.69) is 23.5 Å². The number of carbonyl (C=O) groups is 1. The van der Waals surface area contributed by atoms with Gasteiger partial charge in [0.05, 0.1) is 12.3 Å². The summed E-state index contributed by atoms with van der Waals surface area (Å²) in [5.41, 5.74) is 0. The lowest BCUT2D eigenvalue weighted by atomic mass is 10.2. The summed E-state index contributed by atoms with van der Waals surface area (Å²) >= 11 is 1.69. The van der Waals surface area contributed by atoms with E-state index in [9.17, 15) is 4.79 Å². The van der Waals surface area contributed by atoms with Gasteiger partial charge in [0, 0.05) is 18.3 Å². The summed E-state index contributed by atoms with van der Waals surface area (Å²) in [7, 11) is 0. The van der Waals surface area contributed by atoms with Crippen LogP contribution in [-0.2, 0) is 4.79 Å². The Morgan fingerprint density at radius 1 is 1.60 bits per heavy atom. The number of rotatable bonds is 8. The minimum Gasteiger partial charge on any atom is -0.353 e. The molecule has 86 valence electrons. The third kappa shape index (κ3) is 9.64. The van der Waals surface area contributed by atoms with Crippen molar-refractivity contribution in [1.29, 1.82) is 0 Å². The molecular formula is C11H20N2OS. The number of nitrogens with one attached hydrogen (secondary N) is 2. The van der Waals surface area contributed by atoms with Crippen LogP contribution in [-0.4, -0.2) is 36.5 Å². The Labute approximate surface area is 96.8 Å². The molecule has 0 radical (unpaired) electrons. The zero-order chi connectivity index (χ0) is 11.5. The van der Waals surface area contributed by atoms with Crippen LogP contribution in [0.25, 0.3) is 0 Å². The Bertz CT molecular complexity index is 213. The van der Waals surface area contributed by atoms with E-state index in [-0.39, 0.29) is 11.9 Å². The van der Waals surface area contributed by atoms with Gasteiger partial charge in [-0.2, -0.15) is 0 Å². The van der Waals surface area contributed by atoms with Gasteiger partial charge in [-0.15, -0.1) is 18.2 Å². The van der Waals surface area contributed by atoms with Gasteiger partial charge in [0.2, 0.25) is 5.91 Å². The number of thioether (sulfide) groups is 1. The first-order chi connectivity index (χ1) is 7.20. The number of terminal acetylenes is 1. The van der Waals surface area contributed by atoms with E-state index in [1.807, 2.05) is 6.92 Å². The Kier molecular flexibility index (Phi) is 9.44. The molecule has 1 amide bonds. The predicted octanol–water partition coefficient (Wildman–Crippen LogP) is 0.857. The highest BCUT2D eigenvalue weighted by Crippen LogP contribution is 1.94. The van der Waals surface area contributed by atoms with Gasteiger partial charge in [0.25, 0.3) is 0 Å². The van der Waals surface area contributed by atoms with E-state index < -0.39 is 0 Å². The summed E-state index contributed by atoms with van der Waals surface area (Å²) in [4.78, 5) is 11.3. The standard InChI is InChI=1S/C11H20N2OS/c1-4-7-15-8-6-12-9-11(14)13-10(3)5-2/h1,10,12H,5-9H2,2-3H3,(H,13,14). The van der Waals surface area contributed by atoms with Crippen molar-refractivity contribution in [2.75, 3.05) is 24.6 Å². The molecular weight excluding hydrogens is 208 g/mol. The lowest BCUT2D eigenvalue weighted by Gasteiger charge is -2.11. The normalized spacial score (nSPS) is 11.8. The van der Waals surface area contributed by atoms with Gasteiger partial charge >= 0.3 is 0 Å². The van der Waals surface area contributed by atoms with Gasteiger partial charge in [-0.3, -0.25) is 4.79 Å². The predicted molar refractivity (Wildman–Crippen MR) is 66.9 cm³/mol. The number of hydrogen-bond donors (Lipinski definition) is 2. The van der Waals surface area contributed by atoms with Crippen LogP contribution in [0.4, 0.5) is 0 Å². The van der Waals surface area contributed by atoms with Gasteiger partial charge in [0.15, 0.2) is 0 Å². The van der Waals surface area contributed by atoms with Crippen molar-refractivity contribution in [3.63, 3.8) is 0 Å². The van der Waals surface area contributed by atoms with Crippen LogP contribution < -0.4 is 10.6 Å². The summed E-state index contributed by atoms with van der Waals surface area (Å²) in [5, 5.41) is 5.96. The fraction of sp³-hybridized carbons (Fsp3) is 0.727. The summed E-state index contributed by atoms with van der Waals surface area (Å²) in [6.07, 6.45) is 6.07. The van der Waals surface area contributed by atoms with E-state index in [0.29, 0.717) is 6.54 Å². The topological polar surface area (TPSA) is 41.1 Å². The SMILES string of the molecule is C#CCSCCNCC(=O)NC(C)CC. The van der Waals surface area contributed by atoms with Gasteiger partial charge in [-0.1, -0.05) is 12.8 Å². The molecule has 0 fully saturated rings. The van der Waals surface area contributed by atoms with E-state index in [1.165, 1.54) is 0 Å². The molecule has 1 unspecified atom stereocenters. The molecule has 0 aromatic heterocycles. The van der Waals surface area contributed by atoms with Crippen molar-refractivity contribution in [2.45, 2.75) is 26.3 Å². The van der Waals surface area contributed by atoms with E-state index >= 15 is 0 Å². The monoisotopic (exact) mass is 228 g/mol. The molecule has 0 bridgehead atoms. The zero-order valence-electron chi connectivity index (χ0n) is 9.51. The van der Waals surface area contributed by atoms with Crippen LogP contribution in [0, 0.1) is 12.3 Å². The van der Waals surface area contributed by atoms with Gasteiger partial charge in [0.1, 0.15) is 0 Å². The molecule has 0 saturated heterocycles. The smallest absolute Gasteiger partial charge is 0.234 e. The van der Waals surface area contributed by atoms with E-state index in [4.69, 9.17) is 6.42 Å². The van der Waals surface area contributed by atoms with Crippen molar-refractivity contribution in [1.82, 2.24) is 10.6 Å². The van der Waals surface area contributed by atoms with Crippen molar-refractivity contribution in [2.24, 2.45) is 0 Å². The minimum absolute atomic E-state index is 0.0614. The molecule has 3 nitrogen and oxygen atoms in total. The molecule has 0 rings (SSSR count). The molecule has 1 atom stereocenters. The highest BCUT2D eigenvalue weighted by molar-refractivity contribution is 7.99. The molecule has 2 N–H and O–H groups in total. The Morgan fingerprint density at radius 3 is 2.93 bits per heavy atom. The average Bonchev–Trinajstić information content (AvgIpc) is 2.23. The van der Waals surface area contributed by atoms with Crippen molar-refractivity contribution >= 4 is 17.7 Å². The van der Waals surface area contributed by atoms with Crippen LogP contribution in [0.15, 0.2) is 0 Å². The summed E-state index contributed by atoms with van der Waals surface area (Å²) in [6.45, 7) is 5.26. The van der Waals surface area contributed by atoms with Crippen LogP contribution in [0.5, 0.6) is 0 Å². The molecule has 0 aliphatic heterocycles. The molecule has 4 heteroatoms. The second-order valence-corrected chi connectivity index (χ2v) is 4.42. The Balaban J connectivity index is 3.28. The first-order valence-corrected chi connectivity index (χ1v) is 6.37. The minimum atomic E-state index is 0.0614. The largest absolute Gasteiger partial charge is 0.353 e. The third-order valence-electron chi connectivity index (χ3n) is 1.91. The fourth-order valence-corrected chi connectivity index (χ4v) is 1.46. The molecule has 0 heterocycles. The molecule has 0 aromatic rings. The van der Waals surface area contributed by atoms with E-state index in [0.717, 1.165) is 24.5 Å².